The second-order valence-electron chi connectivity index (χ2n) is 7.68. The van der Waals surface area contributed by atoms with Gasteiger partial charge in [-0.05, 0) is 69.2 Å². The molecule has 3 nitrogen and oxygen atoms in total. The summed E-state index contributed by atoms with van der Waals surface area (Å²) in [5.41, 5.74) is 4.02. The third kappa shape index (κ3) is 5.73. The summed E-state index contributed by atoms with van der Waals surface area (Å²) in [5.74, 6) is 1.20. The fourth-order valence-corrected chi connectivity index (χ4v) is 3.70. The summed E-state index contributed by atoms with van der Waals surface area (Å²) in [6, 6.07) is 23.8. The highest BCUT2D eigenvalue weighted by Crippen LogP contribution is 2.25. The molecule has 3 aromatic carbocycles. The monoisotopic (exact) mass is 465 g/mol. The Hall–Kier alpha value is -2.59. The molecule has 0 bridgehead atoms. The number of hydrogen-bond donors (Lipinski definition) is 1. The summed E-state index contributed by atoms with van der Waals surface area (Å²) in [7, 11) is 0. The Bertz CT molecular complexity index is 982. The van der Waals surface area contributed by atoms with Crippen LogP contribution in [0.2, 0.25) is 0 Å². The maximum absolute atomic E-state index is 12.9. The zero-order valence-electron chi connectivity index (χ0n) is 17.7. The molecule has 0 aliphatic heterocycles. The van der Waals surface area contributed by atoms with E-state index in [0.717, 1.165) is 27.8 Å². The minimum absolute atomic E-state index is 0.0149. The van der Waals surface area contributed by atoms with Crippen molar-refractivity contribution in [3.05, 3.63) is 99.5 Å². The maximum atomic E-state index is 12.9. The van der Waals surface area contributed by atoms with Crippen LogP contribution in [0.25, 0.3) is 0 Å². The van der Waals surface area contributed by atoms with E-state index in [1.165, 1.54) is 5.56 Å². The first kappa shape index (κ1) is 22.1. The van der Waals surface area contributed by atoms with Gasteiger partial charge >= 0.3 is 0 Å². The number of hydrogen-bond acceptors (Lipinski definition) is 2. The molecule has 0 saturated carbocycles. The van der Waals surface area contributed by atoms with Crippen LogP contribution in [-0.4, -0.2) is 5.91 Å². The van der Waals surface area contributed by atoms with Crippen molar-refractivity contribution in [1.82, 2.24) is 5.32 Å². The number of halogens is 1. The minimum atomic E-state index is -0.0717. The third-order valence-electron chi connectivity index (χ3n) is 5.14. The predicted molar refractivity (Wildman–Crippen MR) is 126 cm³/mol. The molecule has 1 N–H and O–H groups in total. The molecule has 0 fully saturated rings. The smallest absolute Gasteiger partial charge is 0.251 e. The molecule has 4 heteroatoms. The zero-order chi connectivity index (χ0) is 21.5. The average Bonchev–Trinajstić information content (AvgIpc) is 2.77. The number of nitrogens with one attached hydrogen (secondary N) is 1. The molecule has 3 aromatic rings. The van der Waals surface area contributed by atoms with Crippen molar-refractivity contribution in [2.24, 2.45) is 0 Å². The van der Waals surface area contributed by atoms with E-state index < -0.39 is 0 Å². The first-order chi connectivity index (χ1) is 14.5. The Morgan fingerprint density at radius 3 is 2.33 bits per heavy atom. The van der Waals surface area contributed by atoms with Gasteiger partial charge in [0.05, 0.1) is 10.5 Å². The van der Waals surface area contributed by atoms with Crippen molar-refractivity contribution in [3.8, 4) is 5.75 Å². The molecular weight excluding hydrogens is 438 g/mol. The zero-order valence-corrected chi connectivity index (χ0v) is 19.3. The number of rotatable bonds is 8. The lowest BCUT2D eigenvalue weighted by atomic mass is 9.98. The fourth-order valence-electron chi connectivity index (χ4n) is 3.30. The first-order valence-corrected chi connectivity index (χ1v) is 11.1. The van der Waals surface area contributed by atoms with Gasteiger partial charge in [-0.3, -0.25) is 4.79 Å². The predicted octanol–water partition coefficient (Wildman–Crippen LogP) is 7.03. The largest absolute Gasteiger partial charge is 0.488 e. The second-order valence-corrected chi connectivity index (χ2v) is 8.53. The van der Waals surface area contributed by atoms with E-state index in [0.29, 0.717) is 18.1 Å². The van der Waals surface area contributed by atoms with Crippen LogP contribution in [-0.2, 0) is 6.61 Å². The van der Waals surface area contributed by atoms with Crippen molar-refractivity contribution in [1.29, 1.82) is 0 Å². The van der Waals surface area contributed by atoms with Crippen LogP contribution in [0, 0.1) is 0 Å². The molecule has 0 heterocycles. The lowest BCUT2D eigenvalue weighted by Crippen LogP contribution is -2.28. The lowest BCUT2D eigenvalue weighted by Gasteiger charge is -2.19. The van der Waals surface area contributed by atoms with Gasteiger partial charge in [-0.2, -0.15) is 0 Å². The Morgan fingerprint density at radius 1 is 0.967 bits per heavy atom. The number of ether oxygens (including phenoxy) is 1. The van der Waals surface area contributed by atoms with E-state index in [1.807, 2.05) is 48.5 Å². The summed E-state index contributed by atoms with van der Waals surface area (Å²) < 4.78 is 6.79. The molecule has 0 aromatic heterocycles. The number of carbonyl (C=O) groups is 1. The van der Waals surface area contributed by atoms with Crippen LogP contribution in [0.4, 0.5) is 0 Å². The van der Waals surface area contributed by atoms with E-state index in [4.69, 9.17) is 4.74 Å². The van der Waals surface area contributed by atoms with Crippen LogP contribution >= 0.6 is 15.9 Å². The molecule has 0 saturated heterocycles. The van der Waals surface area contributed by atoms with E-state index in [9.17, 15) is 4.79 Å². The number of para-hydroxylation sites is 1. The highest BCUT2D eigenvalue weighted by atomic mass is 79.9. The Balaban J connectivity index is 1.67. The summed E-state index contributed by atoms with van der Waals surface area (Å²) in [4.78, 5) is 12.9. The van der Waals surface area contributed by atoms with E-state index >= 15 is 0 Å². The van der Waals surface area contributed by atoms with Crippen molar-refractivity contribution in [3.63, 3.8) is 0 Å². The number of amides is 1. The summed E-state index contributed by atoms with van der Waals surface area (Å²) in [6.45, 7) is 6.85. The van der Waals surface area contributed by atoms with Crippen molar-refractivity contribution < 1.29 is 9.53 Å². The molecule has 0 aliphatic carbocycles. The van der Waals surface area contributed by atoms with Crippen LogP contribution in [0.5, 0.6) is 5.75 Å². The molecule has 156 valence electrons. The highest BCUT2D eigenvalue weighted by molar-refractivity contribution is 9.10. The van der Waals surface area contributed by atoms with Crippen molar-refractivity contribution >= 4 is 21.8 Å². The van der Waals surface area contributed by atoms with E-state index in [2.05, 4.69) is 66.3 Å². The molecule has 3 rings (SSSR count). The lowest BCUT2D eigenvalue weighted by molar-refractivity contribution is 0.0935. The van der Waals surface area contributed by atoms with E-state index in [1.54, 1.807) is 0 Å². The average molecular weight is 466 g/mol. The third-order valence-corrected chi connectivity index (χ3v) is 5.79. The van der Waals surface area contributed by atoms with Crippen LogP contribution in [0.3, 0.4) is 0 Å². The fraction of sp³-hybridized carbons (Fsp3) is 0.269. The summed E-state index contributed by atoms with van der Waals surface area (Å²) >= 11 is 3.49. The molecule has 1 amide bonds. The van der Waals surface area contributed by atoms with Crippen LogP contribution in [0.1, 0.15) is 66.2 Å². The number of carbonyl (C=O) groups excluding carboxylic acids is 1. The van der Waals surface area contributed by atoms with Gasteiger partial charge in [0.2, 0.25) is 0 Å². The van der Waals surface area contributed by atoms with Gasteiger partial charge < -0.3 is 10.1 Å². The Labute approximate surface area is 187 Å². The standard InChI is InChI=1S/C26H28BrNO2/c1-4-24(21-14-12-20(13-15-21)18(2)3)28-26(29)22-9-7-8-19(16-22)17-30-25-11-6-5-10-23(25)27/h5-16,18,24H,4,17H2,1-3H3,(H,28,29). The van der Waals surface area contributed by atoms with Gasteiger partial charge in [-0.15, -0.1) is 0 Å². The van der Waals surface area contributed by atoms with Gasteiger partial charge in [0.25, 0.3) is 5.91 Å². The SMILES string of the molecule is CCC(NC(=O)c1cccc(COc2ccccc2Br)c1)c1ccc(C(C)C)cc1. The molecular formula is C26H28BrNO2. The van der Waals surface area contributed by atoms with Gasteiger partial charge in [0.1, 0.15) is 12.4 Å². The number of benzene rings is 3. The van der Waals surface area contributed by atoms with Crippen molar-refractivity contribution in [2.75, 3.05) is 0 Å². The molecule has 0 spiro atoms. The summed E-state index contributed by atoms with van der Waals surface area (Å²) in [5, 5.41) is 3.17. The topological polar surface area (TPSA) is 38.3 Å². The van der Waals surface area contributed by atoms with Gasteiger partial charge in [0.15, 0.2) is 0 Å². The molecule has 1 unspecified atom stereocenters. The normalized spacial score (nSPS) is 11.9. The van der Waals surface area contributed by atoms with Crippen LogP contribution in [0.15, 0.2) is 77.3 Å². The van der Waals surface area contributed by atoms with Crippen LogP contribution < -0.4 is 10.1 Å². The molecule has 0 radical (unpaired) electrons. The maximum Gasteiger partial charge on any atom is 0.251 e. The highest BCUT2D eigenvalue weighted by Gasteiger charge is 2.15. The first-order valence-electron chi connectivity index (χ1n) is 10.3. The molecule has 0 aliphatic rings. The Morgan fingerprint density at radius 2 is 1.67 bits per heavy atom. The van der Waals surface area contributed by atoms with Crippen molar-refractivity contribution in [2.45, 2.75) is 45.8 Å². The van der Waals surface area contributed by atoms with E-state index in [-0.39, 0.29) is 11.9 Å². The van der Waals surface area contributed by atoms with Gasteiger partial charge in [0, 0.05) is 5.56 Å². The molecule has 30 heavy (non-hydrogen) atoms. The molecule has 1 atom stereocenters. The summed E-state index contributed by atoms with van der Waals surface area (Å²) in [6.07, 6.45) is 0.831. The second kappa shape index (κ2) is 10.4. The van der Waals surface area contributed by atoms with Gasteiger partial charge in [-0.25, -0.2) is 0 Å². The Kier molecular flexibility index (Phi) is 7.69. The van der Waals surface area contributed by atoms with Gasteiger partial charge in [-0.1, -0.05) is 69.3 Å². The quantitative estimate of drug-likeness (QED) is 0.387. The minimum Gasteiger partial charge on any atom is -0.488 e.